The molecule has 0 aliphatic heterocycles. The molecule has 16 rings (SSSR count). The van der Waals surface area contributed by atoms with Crippen molar-refractivity contribution in [1.82, 2.24) is 29.1 Å². The number of halogens is 5. The molecule has 6 heterocycles. The third-order valence-electron chi connectivity index (χ3n) is 17.5. The molecule has 0 unspecified atom stereocenters. The average molecular weight is 1200 g/mol. The van der Waals surface area contributed by atoms with Crippen molar-refractivity contribution >= 4 is 43.6 Å². The lowest BCUT2D eigenvalue weighted by atomic mass is 9.96. The molecule has 0 aliphatic carbocycles. The Morgan fingerprint density at radius 1 is 0.261 bits per heavy atom. The zero-order chi connectivity index (χ0) is 62.1. The maximum atomic E-state index is 17.0. The molecular formula is C81H49F5N6. The van der Waals surface area contributed by atoms with Gasteiger partial charge in [0.1, 0.15) is 0 Å². The van der Waals surface area contributed by atoms with Gasteiger partial charge in [-0.15, -0.1) is 0 Å². The smallest absolute Gasteiger partial charge is 0.200 e. The van der Waals surface area contributed by atoms with Gasteiger partial charge in [0.25, 0.3) is 0 Å². The topological polar surface area (TPSA) is 61.4 Å². The van der Waals surface area contributed by atoms with E-state index in [1.807, 2.05) is 230 Å². The van der Waals surface area contributed by atoms with E-state index in [0.717, 1.165) is 122 Å². The van der Waals surface area contributed by atoms with E-state index in [2.05, 4.69) is 41.0 Å². The van der Waals surface area contributed by atoms with Crippen LogP contribution in [0.25, 0.3) is 156 Å². The van der Waals surface area contributed by atoms with Crippen LogP contribution < -0.4 is 0 Å². The molecule has 0 atom stereocenters. The number of aromatic nitrogens is 6. The summed E-state index contributed by atoms with van der Waals surface area (Å²) in [5.41, 5.74) is 16.3. The van der Waals surface area contributed by atoms with E-state index in [1.54, 1.807) is 18.5 Å². The molecule has 0 bridgehead atoms. The van der Waals surface area contributed by atoms with Crippen LogP contribution in [0, 0.1) is 36.0 Å². The SMILES string of the molecule is Cc1c(-n2c3cc(-c4ccc(-c5ccccc5)nc4)ccc3c3ccc(-c4ccc(-c5ccccc5)nc4)cc32)ccc(-c2c(F)c(F)c(F)c(F)c2F)c1-n1c2cc(-c3ccc(-c4ccccc4)nc3)ccc2c2ccc(-c3ccc(-c4ccccc4)nc3)cc21. The van der Waals surface area contributed by atoms with Crippen molar-refractivity contribution in [2.24, 2.45) is 0 Å². The van der Waals surface area contributed by atoms with Crippen LogP contribution in [0.3, 0.4) is 0 Å². The van der Waals surface area contributed by atoms with Gasteiger partial charge in [0.2, 0.25) is 5.82 Å². The first-order valence-electron chi connectivity index (χ1n) is 30.0. The van der Waals surface area contributed by atoms with Gasteiger partial charge in [-0.3, -0.25) is 19.9 Å². The van der Waals surface area contributed by atoms with E-state index >= 15 is 22.0 Å². The number of fused-ring (bicyclic) bond motifs is 6. The second kappa shape index (κ2) is 22.6. The minimum Gasteiger partial charge on any atom is -0.309 e. The monoisotopic (exact) mass is 1200 g/mol. The third-order valence-corrected chi connectivity index (χ3v) is 17.5. The lowest BCUT2D eigenvalue weighted by Gasteiger charge is -2.22. The Balaban J connectivity index is 0.973. The van der Waals surface area contributed by atoms with E-state index in [9.17, 15) is 0 Å². The number of hydrogen-bond acceptors (Lipinski definition) is 4. The highest BCUT2D eigenvalue weighted by atomic mass is 19.2. The van der Waals surface area contributed by atoms with Gasteiger partial charge < -0.3 is 9.13 Å². The molecule has 16 aromatic rings. The summed E-state index contributed by atoms with van der Waals surface area (Å²) < 4.78 is 85.4. The van der Waals surface area contributed by atoms with Gasteiger partial charge in [0.15, 0.2) is 23.3 Å². The van der Waals surface area contributed by atoms with Crippen LogP contribution in [-0.4, -0.2) is 29.1 Å². The second-order valence-corrected chi connectivity index (χ2v) is 22.8. The average Bonchev–Trinajstić information content (AvgIpc) is 1.53. The van der Waals surface area contributed by atoms with E-state index in [-0.39, 0.29) is 11.3 Å². The number of pyridine rings is 4. The van der Waals surface area contributed by atoms with E-state index < -0.39 is 34.6 Å². The van der Waals surface area contributed by atoms with Gasteiger partial charge in [-0.25, -0.2) is 22.0 Å². The fourth-order valence-electron chi connectivity index (χ4n) is 12.9. The number of benzene rings is 10. The highest BCUT2D eigenvalue weighted by Gasteiger charge is 2.31. The van der Waals surface area contributed by atoms with Crippen LogP contribution in [0.5, 0.6) is 0 Å². The molecule has 438 valence electrons. The molecule has 0 saturated carbocycles. The van der Waals surface area contributed by atoms with Gasteiger partial charge in [-0.05, 0) is 95.4 Å². The quantitative estimate of drug-likeness (QED) is 0.0735. The molecule has 0 aliphatic rings. The summed E-state index contributed by atoms with van der Waals surface area (Å²) in [6.07, 6.45) is 7.32. The Morgan fingerprint density at radius 2 is 0.543 bits per heavy atom. The van der Waals surface area contributed by atoms with Crippen LogP contribution in [0.1, 0.15) is 5.56 Å². The lowest BCUT2D eigenvalue weighted by molar-refractivity contribution is 0.381. The first-order valence-corrected chi connectivity index (χ1v) is 30.0. The van der Waals surface area contributed by atoms with Crippen molar-refractivity contribution < 1.29 is 22.0 Å². The molecule has 10 aromatic carbocycles. The van der Waals surface area contributed by atoms with Crippen LogP contribution >= 0.6 is 0 Å². The summed E-state index contributed by atoms with van der Waals surface area (Å²) in [4.78, 5) is 19.5. The summed E-state index contributed by atoms with van der Waals surface area (Å²) in [7, 11) is 0. The largest absolute Gasteiger partial charge is 0.309 e. The predicted molar refractivity (Wildman–Crippen MR) is 360 cm³/mol. The summed E-state index contributed by atoms with van der Waals surface area (Å²) >= 11 is 0. The lowest BCUT2D eigenvalue weighted by Crippen LogP contribution is -2.09. The first kappa shape index (κ1) is 55.4. The Kier molecular flexibility index (Phi) is 13.6. The minimum absolute atomic E-state index is 0.179. The fraction of sp³-hybridized carbons (Fsp3) is 0.0123. The van der Waals surface area contributed by atoms with Crippen molar-refractivity contribution in [2.45, 2.75) is 6.92 Å². The number of rotatable bonds is 11. The Labute approximate surface area is 525 Å². The van der Waals surface area contributed by atoms with Gasteiger partial charge in [-0.2, -0.15) is 0 Å². The van der Waals surface area contributed by atoms with Crippen molar-refractivity contribution in [3.05, 3.63) is 314 Å². The molecule has 92 heavy (non-hydrogen) atoms. The molecule has 0 amide bonds. The van der Waals surface area contributed by atoms with Crippen LogP contribution in [-0.2, 0) is 0 Å². The van der Waals surface area contributed by atoms with Crippen molar-refractivity contribution in [3.8, 4) is 112 Å². The zero-order valence-electron chi connectivity index (χ0n) is 49.1. The molecule has 0 fully saturated rings. The van der Waals surface area contributed by atoms with Gasteiger partial charge in [0, 0.05) is 96.4 Å². The normalized spacial score (nSPS) is 11.6. The van der Waals surface area contributed by atoms with E-state index in [1.165, 1.54) is 6.07 Å². The molecular weight excluding hydrogens is 1150 g/mol. The summed E-state index contributed by atoms with van der Waals surface area (Å²) in [5, 5.41) is 3.33. The van der Waals surface area contributed by atoms with Crippen molar-refractivity contribution in [3.63, 3.8) is 0 Å². The Hall–Kier alpha value is -12.0. The van der Waals surface area contributed by atoms with Gasteiger partial charge in [0.05, 0.1) is 61.8 Å². The number of hydrogen-bond donors (Lipinski definition) is 0. The summed E-state index contributed by atoms with van der Waals surface area (Å²) in [6, 6.07) is 83.3. The van der Waals surface area contributed by atoms with Gasteiger partial charge in [-0.1, -0.05) is 194 Å². The maximum absolute atomic E-state index is 17.0. The van der Waals surface area contributed by atoms with Crippen molar-refractivity contribution in [2.75, 3.05) is 0 Å². The standard InChI is InChI=1S/C81H49F5N6/c1-48-70(91-71-40-53(57-26-35-66(87-44-57)49-14-6-2-7-15-49)22-30-61(71)62-31-23-54(41-72(62)91)58-27-36-67(88-45-58)50-16-8-3-9-17-50)39-34-65(75-76(82)78(84)80(86)79(85)77(75)83)81(48)92-73-42-55(59-28-37-68(89-46-59)51-18-10-4-11-19-51)24-32-63(73)64-33-25-56(43-74(64)92)60-29-38-69(90-47-60)52-20-12-5-13-21-52/h2-47H,1H3. The predicted octanol–water partition coefficient (Wildman–Crippen LogP) is 21.5. The maximum Gasteiger partial charge on any atom is 0.200 e. The molecule has 0 spiro atoms. The first-order chi connectivity index (χ1) is 45.1. The Morgan fingerprint density at radius 3 is 0.837 bits per heavy atom. The van der Waals surface area contributed by atoms with Crippen LogP contribution in [0.4, 0.5) is 22.0 Å². The van der Waals surface area contributed by atoms with E-state index in [4.69, 9.17) is 19.9 Å². The van der Waals surface area contributed by atoms with Crippen LogP contribution in [0.2, 0.25) is 0 Å². The van der Waals surface area contributed by atoms with E-state index in [0.29, 0.717) is 22.3 Å². The molecule has 11 heteroatoms. The third kappa shape index (κ3) is 9.48. The van der Waals surface area contributed by atoms with Gasteiger partial charge >= 0.3 is 0 Å². The highest BCUT2D eigenvalue weighted by molar-refractivity contribution is 6.13. The number of nitrogens with zero attached hydrogens (tertiary/aromatic N) is 6. The molecule has 0 saturated heterocycles. The molecule has 6 aromatic heterocycles. The molecule has 0 radical (unpaired) electrons. The summed E-state index contributed by atoms with van der Waals surface area (Å²) in [5.74, 6) is -10.3. The zero-order valence-corrected chi connectivity index (χ0v) is 49.1. The highest BCUT2D eigenvalue weighted by Crippen LogP contribution is 2.46. The molecule has 0 N–H and O–H groups in total. The summed E-state index contributed by atoms with van der Waals surface area (Å²) in [6.45, 7) is 1.84. The van der Waals surface area contributed by atoms with Crippen LogP contribution in [0.15, 0.2) is 280 Å². The Bertz CT molecular complexity index is 5220. The van der Waals surface area contributed by atoms with Crippen molar-refractivity contribution in [1.29, 1.82) is 0 Å². The molecule has 6 nitrogen and oxygen atoms in total. The fourth-order valence-corrected chi connectivity index (χ4v) is 12.9. The minimum atomic E-state index is -2.25. The second-order valence-electron chi connectivity index (χ2n) is 22.8.